The number of halogens is 4. The lowest BCUT2D eigenvalue weighted by Crippen LogP contribution is -2.22. The first-order valence-corrected chi connectivity index (χ1v) is 47.8. The van der Waals surface area contributed by atoms with Crippen LogP contribution in [0.15, 0.2) is 170 Å². The van der Waals surface area contributed by atoms with E-state index in [2.05, 4.69) is 156 Å². The first-order chi connectivity index (χ1) is 67.1. The first kappa shape index (κ1) is 106. The van der Waals surface area contributed by atoms with Crippen molar-refractivity contribution in [3.05, 3.63) is 261 Å². The summed E-state index contributed by atoms with van der Waals surface area (Å²) >= 11 is 0. The van der Waals surface area contributed by atoms with E-state index < -0.39 is 47.4 Å². The van der Waals surface area contributed by atoms with Gasteiger partial charge in [-0.2, -0.15) is 20.4 Å². The quantitative estimate of drug-likeness (QED) is 0.0186. The number of urea groups is 4. The number of benzene rings is 4. The SMILES string of the molecule is CC(=O)Nc1cc(CCc2ccc(NC(=O)Nc3cc(C(C)(C)C)nn3C(C)C)c(F)c2)ccn1.CC(=O)Nc1cc(CCc2ccc(NC(=O)Nc3cc(C(C)(C)C)nn3C)c(F)c2)ccn1.CC(=O)Nc1cc(CCc2ccc(NC(=O)Nc3cc(C(C)(C)C)nn3CC3CC3)c(F)c2)ccn1.CC(C)(C)c1cc(NC(=O)Nc2ccc(CCc3ccnc(NC(=O)C4CC4)c3)cc2F)n(CC2CC2)n1. The normalized spacial score (nSPS) is 12.9. The van der Waals surface area contributed by atoms with Crippen LogP contribution in [-0.2, 0) is 112 Å². The standard InChI is InChI=1S/C29H35FN6O2.C27H33FN6O2.C26H33FN6O2.C24H29FN6O2/c1-29(2,3)24-16-26(36(35-24)17-20-6-7-20)34-28(38)32-23-11-8-18(14-22(23)30)4-5-19-12-13-31-25(15-19)33-27(37)21-9-10-21;1-17(35)30-24-14-19(11-12-29-24)6-5-18-9-10-22(21(28)13-18)31-26(36)32-25-15-23(27(2,3)4)33-34(25)16-20-7-8-20;1-16(2)33-24(15-22(32-33)26(4,5)6)31-25(35)30-21-10-9-18(13-20(21)27)7-8-19-11-12-28-23(14-19)29-17(3)34;1-15(32)27-21-13-17(10-11-26-21)7-6-16-8-9-19(18(25)12-16)28-23(33)29-22-14-20(24(2,3)4)30-31(22)5/h8,11-16,20-21H,4-7,9-10,17H2,1-3H3,(H,31,33,37)(H2,32,34,38);9-15,20H,5-8,16H2,1-4H3,(H,29,30,35)(H2,31,32,36);9-16H,7-8H2,1-6H3,(H,28,29,34)(H2,30,31,35);8-14H,6-7H2,1-5H3,(H,26,27,32)(H2,28,29,33). The minimum atomic E-state index is -0.549. The molecule has 3 fully saturated rings. The largest absolute Gasteiger partial charge is 0.324 e. The molecule has 8 heterocycles. The zero-order valence-electron chi connectivity index (χ0n) is 83.9. The third-order valence-electron chi connectivity index (χ3n) is 23.3. The smallest absolute Gasteiger partial charge is 0.311 e. The maximum atomic E-state index is 14.9. The summed E-state index contributed by atoms with van der Waals surface area (Å²) in [4.78, 5) is 113. The molecule has 15 rings (SSSR count). The van der Waals surface area contributed by atoms with E-state index in [-0.39, 0.29) is 80.0 Å². The van der Waals surface area contributed by atoms with Crippen molar-refractivity contribution in [3.63, 3.8) is 0 Å². The molecule has 32 nitrogen and oxygen atoms in total. The van der Waals surface area contributed by atoms with Gasteiger partial charge < -0.3 is 42.5 Å². The maximum absolute atomic E-state index is 14.9. The number of carbonyl (C=O) groups is 8. The van der Waals surface area contributed by atoms with E-state index in [1.54, 1.807) is 108 Å². The predicted octanol–water partition coefficient (Wildman–Crippen LogP) is 21.7. The van der Waals surface area contributed by atoms with Crippen LogP contribution in [0.2, 0.25) is 0 Å². The number of hydrogen-bond acceptors (Lipinski definition) is 16. The molecule has 4 aromatic carbocycles. The lowest BCUT2D eigenvalue weighted by atomic mass is 9.92. The van der Waals surface area contributed by atoms with Gasteiger partial charge >= 0.3 is 24.1 Å². The summed E-state index contributed by atoms with van der Waals surface area (Å²) in [5.74, 6) is 3.03. The van der Waals surface area contributed by atoms with Gasteiger partial charge in [-0.1, -0.05) is 107 Å². The molecule has 12 N–H and O–H groups in total. The summed E-state index contributed by atoms with van der Waals surface area (Å²) in [6.45, 7) is 34.5. The molecule has 3 aliphatic rings. The highest BCUT2D eigenvalue weighted by Gasteiger charge is 2.32. The van der Waals surface area contributed by atoms with Crippen LogP contribution in [0.5, 0.6) is 0 Å². The summed E-state index contributed by atoms with van der Waals surface area (Å²) in [5.41, 5.74) is 10.4. The molecular weight excluding hydrogens is 1810 g/mol. The van der Waals surface area contributed by atoms with Gasteiger partial charge in [0.15, 0.2) is 0 Å². The topological polar surface area (TPSA) is 404 Å². The van der Waals surface area contributed by atoms with E-state index >= 15 is 0 Å². The average Bonchev–Trinajstić information content (AvgIpc) is 1.58. The molecule has 0 saturated heterocycles. The Balaban J connectivity index is 0.000000169. The van der Waals surface area contributed by atoms with Gasteiger partial charge in [0.05, 0.1) is 45.5 Å². The Morgan fingerprint density at radius 2 is 0.577 bits per heavy atom. The highest BCUT2D eigenvalue weighted by atomic mass is 19.1. The van der Waals surface area contributed by atoms with E-state index in [1.807, 2.05) is 98.6 Å². The Morgan fingerprint density at radius 3 is 0.845 bits per heavy atom. The van der Waals surface area contributed by atoms with Gasteiger partial charge in [0.25, 0.3) is 0 Å². The molecule has 3 aliphatic carbocycles. The number of amides is 12. The fraction of sp³-hybridized carbons (Fsp3) is 0.396. The Hall–Kier alpha value is -15.0. The molecule has 0 radical (unpaired) electrons. The highest BCUT2D eigenvalue weighted by molar-refractivity contribution is 6.02. The minimum Gasteiger partial charge on any atom is -0.311 e. The van der Waals surface area contributed by atoms with Crippen molar-refractivity contribution in [2.45, 2.75) is 248 Å². The van der Waals surface area contributed by atoms with Crippen molar-refractivity contribution in [2.24, 2.45) is 24.8 Å². The predicted molar refractivity (Wildman–Crippen MR) is 548 cm³/mol. The third kappa shape index (κ3) is 32.8. The zero-order valence-corrected chi connectivity index (χ0v) is 83.9. The molecule has 142 heavy (non-hydrogen) atoms. The van der Waals surface area contributed by atoms with Gasteiger partial charge in [-0.15, -0.1) is 0 Å². The molecule has 8 aromatic heterocycles. The molecular formula is C106H130F4N24O8. The number of aryl methyl sites for hydroxylation is 9. The number of hydrogen-bond donors (Lipinski definition) is 12. The van der Waals surface area contributed by atoms with Crippen LogP contribution in [0.3, 0.4) is 0 Å². The minimum absolute atomic E-state index is 0.0193. The van der Waals surface area contributed by atoms with Gasteiger partial charge in [0, 0.05) is 124 Å². The van der Waals surface area contributed by atoms with Crippen molar-refractivity contribution >= 4 is 117 Å². The maximum Gasteiger partial charge on any atom is 0.324 e. The molecule has 0 spiro atoms. The van der Waals surface area contributed by atoms with Crippen molar-refractivity contribution in [3.8, 4) is 0 Å². The summed E-state index contributed by atoms with van der Waals surface area (Å²) < 4.78 is 66.0. The van der Waals surface area contributed by atoms with Crippen LogP contribution in [0, 0.1) is 41.0 Å². The number of carbonyl (C=O) groups excluding carboxylic acids is 8. The van der Waals surface area contributed by atoms with Gasteiger partial charge in [-0.25, -0.2) is 70.7 Å². The number of nitrogens with zero attached hydrogens (tertiary/aromatic N) is 12. The van der Waals surface area contributed by atoms with Crippen LogP contribution in [0.1, 0.15) is 230 Å². The van der Waals surface area contributed by atoms with Crippen molar-refractivity contribution < 1.29 is 55.9 Å². The molecule has 0 atom stereocenters. The highest BCUT2D eigenvalue weighted by Crippen LogP contribution is 2.37. The van der Waals surface area contributed by atoms with E-state index in [0.717, 1.165) is 93.2 Å². The fourth-order valence-electron chi connectivity index (χ4n) is 14.7. The van der Waals surface area contributed by atoms with E-state index in [0.29, 0.717) is 110 Å². The summed E-state index contributed by atoms with van der Waals surface area (Å²) in [6.07, 6.45) is 18.1. The second-order valence-electron chi connectivity index (χ2n) is 40.6. The molecule has 750 valence electrons. The van der Waals surface area contributed by atoms with E-state index in [9.17, 15) is 55.9 Å². The third-order valence-corrected chi connectivity index (χ3v) is 23.3. The number of rotatable bonds is 30. The van der Waals surface area contributed by atoms with Gasteiger partial charge in [-0.05, 0) is 257 Å². The molecule has 0 unspecified atom stereocenters. The Kier molecular flexibility index (Phi) is 34.9. The summed E-state index contributed by atoms with van der Waals surface area (Å²) in [7, 11) is 1.74. The van der Waals surface area contributed by atoms with Crippen LogP contribution in [-0.4, -0.2) is 107 Å². The van der Waals surface area contributed by atoms with Gasteiger partial charge in [-0.3, -0.25) is 45.1 Å². The van der Waals surface area contributed by atoms with Crippen molar-refractivity contribution in [2.75, 3.05) is 63.8 Å². The number of nitrogens with one attached hydrogen (secondary N) is 12. The Morgan fingerprint density at radius 1 is 0.317 bits per heavy atom. The van der Waals surface area contributed by atoms with Gasteiger partial charge in [0.1, 0.15) is 69.8 Å². The lowest BCUT2D eigenvalue weighted by molar-refractivity contribution is -0.117. The Labute approximate surface area is 825 Å². The first-order valence-electron chi connectivity index (χ1n) is 47.8. The van der Waals surface area contributed by atoms with Crippen molar-refractivity contribution in [1.82, 2.24) is 59.1 Å². The molecule has 12 amide bonds. The van der Waals surface area contributed by atoms with Crippen molar-refractivity contribution in [1.29, 1.82) is 0 Å². The molecule has 0 aliphatic heterocycles. The summed E-state index contributed by atoms with van der Waals surface area (Å²) in [6, 6.07) is 39.2. The number of aromatic nitrogens is 12. The van der Waals surface area contributed by atoms with Crippen LogP contribution in [0.4, 0.5) is 106 Å². The zero-order chi connectivity index (χ0) is 103. The van der Waals surface area contributed by atoms with Crippen LogP contribution in [0.25, 0.3) is 0 Å². The molecule has 36 heteroatoms. The monoisotopic (exact) mass is 1940 g/mol. The van der Waals surface area contributed by atoms with E-state index in [1.165, 1.54) is 70.7 Å². The molecule has 3 saturated carbocycles. The van der Waals surface area contributed by atoms with E-state index in [4.69, 9.17) is 10.2 Å². The lowest BCUT2D eigenvalue weighted by Gasteiger charge is -2.14. The fourth-order valence-corrected chi connectivity index (χ4v) is 14.7. The second-order valence-corrected chi connectivity index (χ2v) is 40.6. The molecule has 12 aromatic rings. The number of anilines is 12. The Bertz CT molecular complexity index is 6520. The van der Waals surface area contributed by atoms with Gasteiger partial charge in [0.2, 0.25) is 23.6 Å². The van der Waals surface area contributed by atoms with Crippen LogP contribution < -0.4 is 63.8 Å². The molecule has 0 bridgehead atoms. The summed E-state index contributed by atoms with van der Waals surface area (Å²) in [5, 5.41) is 50.8. The second kappa shape index (κ2) is 46.8. The van der Waals surface area contributed by atoms with Crippen LogP contribution >= 0.6 is 0 Å². The average molecular weight is 1940 g/mol. The number of pyridine rings is 4.